The maximum atomic E-state index is 11.8. The first-order valence-electron chi connectivity index (χ1n) is 5.20. The van der Waals surface area contributed by atoms with Gasteiger partial charge in [0.15, 0.2) is 0 Å². The van der Waals surface area contributed by atoms with E-state index in [1.165, 1.54) is 25.1 Å². The number of carbonyl (C=O) groups excluding carboxylic acids is 2. The number of rotatable bonds is 5. The van der Waals surface area contributed by atoms with Gasteiger partial charge in [-0.05, 0) is 19.1 Å². The Balaban J connectivity index is 2.91. The molecule has 7 heteroatoms. The standard InChI is InChI=1S/C12H10Cl2O5/c1-6(15)5-9(11(16)17)19-12(18)7-3-2-4-8(13)10(7)14/h2-4,9H,5H2,1H3,(H,16,17). The number of halogens is 2. The summed E-state index contributed by atoms with van der Waals surface area (Å²) in [5, 5.41) is 8.97. The zero-order valence-electron chi connectivity index (χ0n) is 9.85. The lowest BCUT2D eigenvalue weighted by Gasteiger charge is -2.13. The molecule has 1 atom stereocenters. The zero-order chi connectivity index (χ0) is 14.6. The van der Waals surface area contributed by atoms with Crippen molar-refractivity contribution >= 4 is 40.9 Å². The van der Waals surface area contributed by atoms with E-state index in [9.17, 15) is 14.4 Å². The van der Waals surface area contributed by atoms with E-state index in [4.69, 9.17) is 33.0 Å². The van der Waals surface area contributed by atoms with Crippen molar-refractivity contribution in [1.82, 2.24) is 0 Å². The zero-order valence-corrected chi connectivity index (χ0v) is 11.4. The van der Waals surface area contributed by atoms with Crippen molar-refractivity contribution in [3.63, 3.8) is 0 Å². The first-order valence-corrected chi connectivity index (χ1v) is 5.95. The average Bonchev–Trinajstić information content (AvgIpc) is 2.31. The highest BCUT2D eigenvalue weighted by molar-refractivity contribution is 6.43. The predicted molar refractivity (Wildman–Crippen MR) is 68.6 cm³/mol. The van der Waals surface area contributed by atoms with Gasteiger partial charge in [-0.15, -0.1) is 0 Å². The van der Waals surface area contributed by atoms with Gasteiger partial charge >= 0.3 is 11.9 Å². The Labute approximate surface area is 119 Å². The Morgan fingerprint density at radius 2 is 1.95 bits per heavy atom. The van der Waals surface area contributed by atoms with Gasteiger partial charge in [-0.3, -0.25) is 4.79 Å². The van der Waals surface area contributed by atoms with Crippen LogP contribution in [-0.2, 0) is 14.3 Å². The SMILES string of the molecule is CC(=O)CC(OC(=O)c1cccc(Cl)c1Cl)C(=O)O. The summed E-state index contributed by atoms with van der Waals surface area (Å²) in [4.78, 5) is 33.5. The maximum Gasteiger partial charge on any atom is 0.345 e. The van der Waals surface area contributed by atoms with E-state index in [0.717, 1.165) is 0 Å². The first-order chi connectivity index (χ1) is 8.82. The number of ether oxygens (including phenoxy) is 1. The van der Waals surface area contributed by atoms with Gasteiger partial charge in [-0.1, -0.05) is 29.3 Å². The number of benzene rings is 1. The molecule has 0 saturated heterocycles. The molecular formula is C12H10Cl2O5. The second-order valence-corrected chi connectivity index (χ2v) is 4.52. The Kier molecular flexibility index (Phi) is 5.32. The number of hydrogen-bond acceptors (Lipinski definition) is 4. The highest BCUT2D eigenvalue weighted by Crippen LogP contribution is 2.26. The summed E-state index contributed by atoms with van der Waals surface area (Å²) in [6.07, 6.45) is -1.95. The topological polar surface area (TPSA) is 80.7 Å². The smallest absolute Gasteiger partial charge is 0.345 e. The summed E-state index contributed by atoms with van der Waals surface area (Å²) in [5.74, 6) is -2.75. The molecule has 0 radical (unpaired) electrons. The summed E-state index contributed by atoms with van der Waals surface area (Å²) < 4.78 is 4.74. The van der Waals surface area contributed by atoms with E-state index in [-0.39, 0.29) is 15.6 Å². The third-order valence-corrected chi connectivity index (χ3v) is 2.99. The number of hydrogen-bond donors (Lipinski definition) is 1. The number of esters is 1. The molecule has 19 heavy (non-hydrogen) atoms. The molecule has 0 heterocycles. The van der Waals surface area contributed by atoms with Gasteiger partial charge in [0.2, 0.25) is 6.10 Å². The maximum absolute atomic E-state index is 11.8. The molecule has 1 rings (SSSR count). The van der Waals surface area contributed by atoms with Crippen LogP contribution in [-0.4, -0.2) is 28.9 Å². The molecule has 0 bridgehead atoms. The van der Waals surface area contributed by atoms with Crippen LogP contribution in [0.3, 0.4) is 0 Å². The molecular weight excluding hydrogens is 295 g/mol. The average molecular weight is 305 g/mol. The molecule has 1 aromatic carbocycles. The van der Waals surface area contributed by atoms with E-state index in [1.54, 1.807) is 0 Å². The number of carbonyl (C=O) groups is 3. The van der Waals surface area contributed by atoms with Gasteiger partial charge in [0.25, 0.3) is 0 Å². The van der Waals surface area contributed by atoms with Crippen molar-refractivity contribution in [1.29, 1.82) is 0 Å². The van der Waals surface area contributed by atoms with Gasteiger partial charge in [0.05, 0.1) is 22.0 Å². The Bertz CT molecular complexity index is 527. The molecule has 0 saturated carbocycles. The molecule has 102 valence electrons. The van der Waals surface area contributed by atoms with Gasteiger partial charge < -0.3 is 9.84 Å². The van der Waals surface area contributed by atoms with Gasteiger partial charge in [0.1, 0.15) is 5.78 Å². The minimum absolute atomic E-state index is 0.0267. The van der Waals surface area contributed by atoms with Gasteiger partial charge in [0, 0.05) is 0 Å². The van der Waals surface area contributed by atoms with Crippen LogP contribution in [0.25, 0.3) is 0 Å². The molecule has 0 aliphatic heterocycles. The van der Waals surface area contributed by atoms with Crippen LogP contribution in [0, 0.1) is 0 Å². The summed E-state index contributed by atoms with van der Waals surface area (Å²) >= 11 is 11.5. The number of ketones is 1. The molecule has 5 nitrogen and oxygen atoms in total. The first kappa shape index (κ1) is 15.5. The quantitative estimate of drug-likeness (QED) is 0.846. The molecule has 0 aliphatic carbocycles. The van der Waals surface area contributed by atoms with Crippen molar-refractivity contribution in [3.05, 3.63) is 33.8 Å². The molecule has 0 aliphatic rings. The lowest BCUT2D eigenvalue weighted by molar-refractivity contribution is -0.149. The second kappa shape index (κ2) is 6.54. The Morgan fingerprint density at radius 3 is 2.47 bits per heavy atom. The van der Waals surface area contributed by atoms with E-state index >= 15 is 0 Å². The van der Waals surface area contributed by atoms with E-state index in [2.05, 4.69) is 0 Å². The summed E-state index contributed by atoms with van der Waals surface area (Å²) in [6, 6.07) is 4.31. The van der Waals surface area contributed by atoms with E-state index < -0.39 is 30.2 Å². The molecule has 1 aromatic rings. The van der Waals surface area contributed by atoms with E-state index in [0.29, 0.717) is 0 Å². The number of carboxylic acids is 1. The van der Waals surface area contributed by atoms with Crippen LogP contribution in [0.5, 0.6) is 0 Å². The fourth-order valence-corrected chi connectivity index (χ4v) is 1.67. The lowest BCUT2D eigenvalue weighted by atomic mass is 10.2. The van der Waals surface area contributed by atoms with Crippen molar-refractivity contribution in [2.75, 3.05) is 0 Å². The molecule has 1 N–H and O–H groups in total. The van der Waals surface area contributed by atoms with Crippen LogP contribution < -0.4 is 0 Å². The number of Topliss-reactive ketones (excluding diaryl/α,β-unsaturated/α-hetero) is 1. The van der Waals surface area contributed by atoms with Crippen molar-refractivity contribution in [2.24, 2.45) is 0 Å². The van der Waals surface area contributed by atoms with Crippen molar-refractivity contribution in [2.45, 2.75) is 19.4 Å². The summed E-state index contributed by atoms with van der Waals surface area (Å²) in [6.45, 7) is 1.20. The lowest BCUT2D eigenvalue weighted by Crippen LogP contribution is -2.29. The van der Waals surface area contributed by atoms with Crippen LogP contribution in [0.1, 0.15) is 23.7 Å². The van der Waals surface area contributed by atoms with E-state index in [1.807, 2.05) is 0 Å². The van der Waals surface area contributed by atoms with Crippen molar-refractivity contribution < 1.29 is 24.2 Å². The summed E-state index contributed by atoms with van der Waals surface area (Å²) in [7, 11) is 0. The Hall–Kier alpha value is -1.59. The highest BCUT2D eigenvalue weighted by atomic mass is 35.5. The molecule has 0 aromatic heterocycles. The monoisotopic (exact) mass is 304 g/mol. The third-order valence-electron chi connectivity index (χ3n) is 2.17. The highest BCUT2D eigenvalue weighted by Gasteiger charge is 2.25. The van der Waals surface area contributed by atoms with Gasteiger partial charge in [-0.2, -0.15) is 0 Å². The number of carboxylic acid groups (broad SMARTS) is 1. The third kappa shape index (κ3) is 4.22. The fraction of sp³-hybridized carbons (Fsp3) is 0.250. The van der Waals surface area contributed by atoms with Crippen LogP contribution >= 0.6 is 23.2 Å². The Morgan fingerprint density at radius 1 is 1.32 bits per heavy atom. The van der Waals surface area contributed by atoms with Crippen LogP contribution in [0.15, 0.2) is 18.2 Å². The summed E-state index contributed by atoms with van der Waals surface area (Å²) in [5.41, 5.74) is -0.0519. The van der Waals surface area contributed by atoms with Crippen LogP contribution in [0.4, 0.5) is 0 Å². The van der Waals surface area contributed by atoms with Gasteiger partial charge in [-0.25, -0.2) is 9.59 Å². The second-order valence-electron chi connectivity index (χ2n) is 3.74. The molecule has 0 spiro atoms. The van der Waals surface area contributed by atoms with Crippen molar-refractivity contribution in [3.8, 4) is 0 Å². The predicted octanol–water partition coefficient (Wildman–Crippen LogP) is 2.58. The minimum Gasteiger partial charge on any atom is -0.478 e. The fourth-order valence-electron chi connectivity index (χ4n) is 1.29. The largest absolute Gasteiger partial charge is 0.478 e. The minimum atomic E-state index is -1.54. The number of aliphatic carboxylic acids is 1. The molecule has 0 fully saturated rings. The molecule has 0 amide bonds. The molecule has 1 unspecified atom stereocenters. The normalized spacial score (nSPS) is 11.7. The van der Waals surface area contributed by atoms with Crippen LogP contribution in [0.2, 0.25) is 10.0 Å².